The lowest BCUT2D eigenvalue weighted by Gasteiger charge is -2.22. The van der Waals surface area contributed by atoms with Crippen molar-refractivity contribution in [3.8, 4) is 0 Å². The lowest BCUT2D eigenvalue weighted by Crippen LogP contribution is -2.30. The Morgan fingerprint density at radius 3 is 2.75 bits per heavy atom. The molecular formula is C9H16N2S. The fraction of sp³-hybridized carbons (Fsp3) is 0.667. The van der Waals surface area contributed by atoms with Crippen molar-refractivity contribution >= 4 is 16.8 Å². The molecule has 1 fully saturated rings. The highest BCUT2D eigenvalue weighted by Gasteiger charge is 2.17. The highest BCUT2D eigenvalue weighted by molar-refractivity contribution is 8.16. The second kappa shape index (κ2) is 5.38. The maximum Gasteiger partial charge on any atom is 0.0746 e. The largest absolute Gasteiger partial charge is 0.317 e. The van der Waals surface area contributed by atoms with Gasteiger partial charge in [0.2, 0.25) is 0 Å². The van der Waals surface area contributed by atoms with E-state index in [4.69, 9.17) is 0 Å². The first kappa shape index (κ1) is 9.81. The number of piperidine rings is 1. The summed E-state index contributed by atoms with van der Waals surface area (Å²) in [5.74, 6) is 0.666. The summed E-state index contributed by atoms with van der Waals surface area (Å²) in [5, 5.41) is 6.45. The van der Waals surface area contributed by atoms with Crippen LogP contribution in [0.15, 0.2) is 17.0 Å². The van der Waals surface area contributed by atoms with Crippen LogP contribution in [-0.4, -0.2) is 25.2 Å². The lowest BCUT2D eigenvalue weighted by atomic mass is 9.99. The second-order valence-electron chi connectivity index (χ2n) is 2.87. The van der Waals surface area contributed by atoms with Gasteiger partial charge in [0.1, 0.15) is 0 Å². The van der Waals surface area contributed by atoms with Crippen LogP contribution in [0.4, 0.5) is 0 Å². The monoisotopic (exact) mass is 184 g/mol. The van der Waals surface area contributed by atoms with E-state index in [1.165, 1.54) is 17.9 Å². The minimum atomic E-state index is 0.666. The van der Waals surface area contributed by atoms with Crippen LogP contribution in [-0.2, 0) is 0 Å². The molecule has 1 saturated heterocycles. The quantitative estimate of drug-likeness (QED) is 0.523. The molecule has 0 aromatic rings. The zero-order valence-corrected chi connectivity index (χ0v) is 8.36. The Kier molecular flexibility index (Phi) is 4.40. The maximum absolute atomic E-state index is 4.28. The van der Waals surface area contributed by atoms with Gasteiger partial charge in [0.25, 0.3) is 0 Å². The van der Waals surface area contributed by atoms with Crippen LogP contribution in [0.25, 0.3) is 0 Å². The third kappa shape index (κ3) is 2.64. The van der Waals surface area contributed by atoms with E-state index >= 15 is 0 Å². The van der Waals surface area contributed by atoms with Gasteiger partial charge in [-0.15, -0.1) is 0 Å². The van der Waals surface area contributed by atoms with Crippen LogP contribution < -0.4 is 5.32 Å². The van der Waals surface area contributed by atoms with E-state index in [1.54, 1.807) is 11.8 Å². The third-order valence-electron chi connectivity index (χ3n) is 2.11. The van der Waals surface area contributed by atoms with Gasteiger partial charge in [-0.1, -0.05) is 18.3 Å². The van der Waals surface area contributed by atoms with Gasteiger partial charge in [-0.25, -0.2) is 0 Å². The number of nitrogens with one attached hydrogen (secondary N) is 1. The fourth-order valence-electron chi connectivity index (χ4n) is 1.49. The first-order valence-corrected chi connectivity index (χ1v) is 5.21. The Bertz CT molecular complexity index is 171. The highest BCUT2D eigenvalue weighted by Crippen LogP contribution is 2.21. The smallest absolute Gasteiger partial charge is 0.0746 e. The Balaban J connectivity index is 2.46. The van der Waals surface area contributed by atoms with Gasteiger partial charge < -0.3 is 5.32 Å². The number of rotatable bonds is 2. The topological polar surface area (TPSA) is 24.4 Å². The zero-order valence-electron chi connectivity index (χ0n) is 7.55. The van der Waals surface area contributed by atoms with E-state index in [-0.39, 0.29) is 0 Å². The van der Waals surface area contributed by atoms with E-state index < -0.39 is 0 Å². The molecular weight excluding hydrogens is 168 g/mol. The molecule has 1 aliphatic rings. The molecule has 3 heteroatoms. The van der Waals surface area contributed by atoms with E-state index in [0.29, 0.717) is 5.92 Å². The van der Waals surface area contributed by atoms with Crippen LogP contribution in [0.2, 0.25) is 0 Å². The van der Waals surface area contributed by atoms with Crippen molar-refractivity contribution in [3.63, 3.8) is 0 Å². The fourth-order valence-corrected chi connectivity index (χ4v) is 2.19. The molecule has 1 aliphatic heterocycles. The van der Waals surface area contributed by atoms with E-state index in [1.807, 2.05) is 12.5 Å². The number of aliphatic imine (C=N–C) groups is 1. The van der Waals surface area contributed by atoms with Crippen LogP contribution >= 0.6 is 11.8 Å². The Morgan fingerprint density at radius 2 is 2.25 bits per heavy atom. The SMILES string of the molecule is C=CSC(=NC)C1CCNCC1. The van der Waals surface area contributed by atoms with Crippen LogP contribution in [0, 0.1) is 5.92 Å². The van der Waals surface area contributed by atoms with E-state index in [9.17, 15) is 0 Å². The second-order valence-corrected chi connectivity index (χ2v) is 3.86. The van der Waals surface area contributed by atoms with Crippen LogP contribution in [0.3, 0.4) is 0 Å². The average molecular weight is 184 g/mol. The maximum atomic E-state index is 4.28. The number of thioether (sulfide) groups is 1. The molecule has 2 nitrogen and oxygen atoms in total. The van der Waals surface area contributed by atoms with Gasteiger partial charge >= 0.3 is 0 Å². The van der Waals surface area contributed by atoms with Gasteiger partial charge in [-0.2, -0.15) is 0 Å². The van der Waals surface area contributed by atoms with Gasteiger partial charge in [0, 0.05) is 13.0 Å². The minimum absolute atomic E-state index is 0.666. The first-order chi connectivity index (χ1) is 5.88. The predicted molar refractivity (Wildman–Crippen MR) is 56.7 cm³/mol. The Morgan fingerprint density at radius 1 is 1.58 bits per heavy atom. The number of hydrogen-bond acceptors (Lipinski definition) is 3. The van der Waals surface area contributed by atoms with Crippen molar-refractivity contribution < 1.29 is 0 Å². The summed E-state index contributed by atoms with van der Waals surface area (Å²) in [6.07, 6.45) is 2.43. The summed E-state index contributed by atoms with van der Waals surface area (Å²) in [4.78, 5) is 4.28. The third-order valence-corrected chi connectivity index (χ3v) is 3.04. The molecule has 0 aromatic carbocycles. The molecule has 1 N–H and O–H groups in total. The molecule has 1 heterocycles. The summed E-state index contributed by atoms with van der Waals surface area (Å²) in [7, 11) is 1.87. The number of hydrogen-bond donors (Lipinski definition) is 1. The van der Waals surface area contributed by atoms with Gasteiger partial charge in [-0.3, -0.25) is 4.99 Å². The van der Waals surface area contributed by atoms with Crippen molar-refractivity contribution in [1.82, 2.24) is 5.32 Å². The Hall–Kier alpha value is -0.280. The normalized spacial score (nSPS) is 20.9. The minimum Gasteiger partial charge on any atom is -0.317 e. The molecule has 1 rings (SSSR count). The molecule has 0 unspecified atom stereocenters. The lowest BCUT2D eigenvalue weighted by molar-refractivity contribution is 0.460. The van der Waals surface area contributed by atoms with Gasteiger partial charge in [-0.05, 0) is 31.3 Å². The van der Waals surface area contributed by atoms with E-state index in [0.717, 1.165) is 13.1 Å². The highest BCUT2D eigenvalue weighted by atomic mass is 32.2. The predicted octanol–water partition coefficient (Wildman–Crippen LogP) is 1.89. The molecule has 0 amide bonds. The van der Waals surface area contributed by atoms with Crippen molar-refractivity contribution in [2.75, 3.05) is 20.1 Å². The summed E-state index contributed by atoms with van der Waals surface area (Å²) < 4.78 is 0. The Labute approximate surface area is 78.5 Å². The molecule has 12 heavy (non-hydrogen) atoms. The summed E-state index contributed by atoms with van der Waals surface area (Å²) >= 11 is 1.67. The molecule has 68 valence electrons. The summed E-state index contributed by atoms with van der Waals surface area (Å²) in [6, 6.07) is 0. The van der Waals surface area contributed by atoms with Crippen molar-refractivity contribution in [1.29, 1.82) is 0 Å². The van der Waals surface area contributed by atoms with Crippen LogP contribution in [0.1, 0.15) is 12.8 Å². The number of nitrogens with zero attached hydrogens (tertiary/aromatic N) is 1. The molecule has 0 spiro atoms. The summed E-state index contributed by atoms with van der Waals surface area (Å²) in [5.41, 5.74) is 0. The van der Waals surface area contributed by atoms with Crippen molar-refractivity contribution in [3.05, 3.63) is 12.0 Å². The van der Waals surface area contributed by atoms with E-state index in [2.05, 4.69) is 16.9 Å². The van der Waals surface area contributed by atoms with Gasteiger partial charge in [0.15, 0.2) is 0 Å². The van der Waals surface area contributed by atoms with Crippen molar-refractivity contribution in [2.24, 2.45) is 10.9 Å². The zero-order chi connectivity index (χ0) is 8.81. The summed E-state index contributed by atoms with van der Waals surface area (Å²) in [6.45, 7) is 5.96. The molecule has 0 aromatic heterocycles. The first-order valence-electron chi connectivity index (χ1n) is 4.33. The molecule has 0 atom stereocenters. The average Bonchev–Trinajstić information content (AvgIpc) is 2.15. The van der Waals surface area contributed by atoms with Crippen molar-refractivity contribution in [2.45, 2.75) is 12.8 Å². The standard InChI is InChI=1S/C9H16N2S/c1-3-12-9(10-2)8-4-6-11-7-5-8/h3,8,11H,1,4-7H2,2H3. The molecule has 0 aliphatic carbocycles. The van der Waals surface area contributed by atoms with Gasteiger partial charge in [0.05, 0.1) is 5.04 Å². The molecule has 0 bridgehead atoms. The van der Waals surface area contributed by atoms with Crippen LogP contribution in [0.5, 0.6) is 0 Å². The molecule has 0 saturated carbocycles. The molecule has 0 radical (unpaired) electrons.